The summed E-state index contributed by atoms with van der Waals surface area (Å²) in [5.74, 6) is 1.13. The summed E-state index contributed by atoms with van der Waals surface area (Å²) in [6.07, 6.45) is 4.87. The van der Waals surface area contributed by atoms with Gasteiger partial charge in [0.15, 0.2) is 6.04 Å². The summed E-state index contributed by atoms with van der Waals surface area (Å²) < 4.78 is 0. The first-order valence-electron chi connectivity index (χ1n) is 9.74. The van der Waals surface area contributed by atoms with E-state index in [9.17, 15) is 9.90 Å². The molecule has 5 heteroatoms. The smallest absolute Gasteiger partial charge is 0.278 e. The maximum Gasteiger partial charge on any atom is 0.278 e. The zero-order chi connectivity index (χ0) is 17.8. The van der Waals surface area contributed by atoms with Crippen molar-refractivity contribution in [2.75, 3.05) is 31.1 Å². The number of benzene rings is 1. The van der Waals surface area contributed by atoms with Crippen LogP contribution in [0.15, 0.2) is 24.3 Å². The molecule has 1 saturated carbocycles. The molecule has 0 spiro atoms. The molecule has 25 heavy (non-hydrogen) atoms. The van der Waals surface area contributed by atoms with Crippen molar-refractivity contribution in [3.8, 4) is 5.75 Å². The Balaban J connectivity index is 1.51. The summed E-state index contributed by atoms with van der Waals surface area (Å²) in [7, 11) is 0. The summed E-state index contributed by atoms with van der Waals surface area (Å²) >= 11 is 0. The molecule has 1 aromatic carbocycles. The largest absolute Gasteiger partial charge is 0.506 e. The van der Waals surface area contributed by atoms with Crippen molar-refractivity contribution in [1.82, 2.24) is 5.32 Å². The number of nitrogens with one attached hydrogen (secondary N) is 2. The van der Waals surface area contributed by atoms with Gasteiger partial charge in [-0.1, -0.05) is 31.9 Å². The maximum atomic E-state index is 12.7. The van der Waals surface area contributed by atoms with Crippen molar-refractivity contribution in [3.63, 3.8) is 0 Å². The molecule has 5 nitrogen and oxygen atoms in total. The Morgan fingerprint density at radius 2 is 1.92 bits per heavy atom. The molecular formula is C20H32N3O2+. The van der Waals surface area contributed by atoms with Crippen LogP contribution in [0.2, 0.25) is 0 Å². The van der Waals surface area contributed by atoms with Crippen molar-refractivity contribution >= 4 is 11.6 Å². The van der Waals surface area contributed by atoms with E-state index < -0.39 is 0 Å². The number of piperazine rings is 1. The molecule has 0 radical (unpaired) electrons. The van der Waals surface area contributed by atoms with Gasteiger partial charge in [-0.3, -0.25) is 4.79 Å². The number of rotatable bonds is 4. The van der Waals surface area contributed by atoms with Crippen LogP contribution in [0.1, 0.15) is 39.5 Å². The van der Waals surface area contributed by atoms with Crippen molar-refractivity contribution in [3.05, 3.63) is 24.3 Å². The van der Waals surface area contributed by atoms with Gasteiger partial charge in [0.2, 0.25) is 0 Å². The number of phenolic OH excluding ortho intramolecular Hbond substituents is 1. The lowest BCUT2D eigenvalue weighted by molar-refractivity contribution is -0.914. The Hall–Kier alpha value is -1.75. The number of nitrogens with zero attached hydrogens (tertiary/aromatic N) is 1. The van der Waals surface area contributed by atoms with Crippen LogP contribution in [0.4, 0.5) is 5.69 Å². The number of carbonyl (C=O) groups excluding carboxylic acids is 1. The molecule has 1 aromatic rings. The topological polar surface area (TPSA) is 57.0 Å². The first-order valence-corrected chi connectivity index (χ1v) is 9.74. The van der Waals surface area contributed by atoms with E-state index in [-0.39, 0.29) is 11.9 Å². The Kier molecular flexibility index (Phi) is 5.84. The molecule has 1 amide bonds. The van der Waals surface area contributed by atoms with Gasteiger partial charge in [-0.15, -0.1) is 0 Å². The van der Waals surface area contributed by atoms with E-state index in [0.29, 0.717) is 17.7 Å². The van der Waals surface area contributed by atoms with Crippen LogP contribution in [0.3, 0.4) is 0 Å². The SMILES string of the molecule is C[C@H](C(=O)N[C@H]1CCCC[C@@H]1C)[NH+]1CCN(c2ccccc2O)CC1. The Bertz CT molecular complexity index is 584. The van der Waals surface area contributed by atoms with Crippen molar-refractivity contribution in [1.29, 1.82) is 0 Å². The molecule has 2 fully saturated rings. The highest BCUT2D eigenvalue weighted by Crippen LogP contribution is 2.26. The molecule has 1 saturated heterocycles. The fourth-order valence-electron chi connectivity index (χ4n) is 4.22. The lowest BCUT2D eigenvalue weighted by Gasteiger charge is -2.37. The van der Waals surface area contributed by atoms with Gasteiger partial charge in [-0.2, -0.15) is 0 Å². The number of carbonyl (C=O) groups is 1. The van der Waals surface area contributed by atoms with Gasteiger partial charge in [0.1, 0.15) is 5.75 Å². The molecular weight excluding hydrogens is 314 g/mol. The third-order valence-electron chi connectivity index (χ3n) is 6.07. The molecule has 3 rings (SSSR count). The zero-order valence-corrected chi connectivity index (χ0v) is 15.5. The van der Waals surface area contributed by atoms with Gasteiger partial charge < -0.3 is 20.2 Å². The minimum atomic E-state index is -0.0133. The maximum absolute atomic E-state index is 12.7. The van der Waals surface area contributed by atoms with Crippen molar-refractivity contribution in [2.45, 2.75) is 51.6 Å². The van der Waals surface area contributed by atoms with E-state index >= 15 is 0 Å². The second kappa shape index (κ2) is 8.09. The lowest BCUT2D eigenvalue weighted by atomic mass is 9.86. The van der Waals surface area contributed by atoms with Gasteiger partial charge >= 0.3 is 0 Å². The molecule has 2 aliphatic rings. The standard InChI is InChI=1S/C20H31N3O2/c1-15-7-3-4-8-17(15)21-20(25)16(2)22-11-13-23(14-12-22)18-9-5-6-10-19(18)24/h5-6,9-10,15-17,24H,3-4,7-8,11-14H2,1-2H3,(H,21,25)/p+1/t15-,16+,17-/m0/s1. The van der Waals surface area contributed by atoms with E-state index in [1.54, 1.807) is 6.07 Å². The average Bonchev–Trinajstić information content (AvgIpc) is 2.63. The molecule has 0 bridgehead atoms. The van der Waals surface area contributed by atoms with E-state index in [1.807, 2.05) is 25.1 Å². The van der Waals surface area contributed by atoms with Crippen molar-refractivity contribution in [2.24, 2.45) is 5.92 Å². The molecule has 3 N–H and O–H groups in total. The third kappa shape index (κ3) is 4.27. The van der Waals surface area contributed by atoms with E-state index in [0.717, 1.165) is 38.3 Å². The van der Waals surface area contributed by atoms with Crippen LogP contribution >= 0.6 is 0 Å². The monoisotopic (exact) mass is 346 g/mol. The average molecular weight is 346 g/mol. The lowest BCUT2D eigenvalue weighted by Crippen LogP contribution is -3.19. The van der Waals surface area contributed by atoms with Crippen LogP contribution in [-0.4, -0.2) is 49.3 Å². The first-order chi connectivity index (χ1) is 12.1. The number of para-hydroxylation sites is 2. The molecule has 1 aliphatic heterocycles. The minimum absolute atomic E-state index is 0.0133. The molecule has 3 atom stereocenters. The highest BCUT2D eigenvalue weighted by atomic mass is 16.3. The Morgan fingerprint density at radius 3 is 2.60 bits per heavy atom. The predicted octanol–water partition coefficient (Wildman–Crippen LogP) is 1.18. The Labute approximate surface area is 151 Å². The van der Waals surface area contributed by atoms with Gasteiger partial charge in [0, 0.05) is 6.04 Å². The first kappa shape index (κ1) is 18.1. The summed E-state index contributed by atoms with van der Waals surface area (Å²) in [4.78, 5) is 16.2. The van der Waals surface area contributed by atoms with E-state index in [4.69, 9.17) is 0 Å². The minimum Gasteiger partial charge on any atom is -0.506 e. The second-order valence-corrected chi connectivity index (χ2v) is 7.73. The quantitative estimate of drug-likeness (QED) is 0.767. The predicted molar refractivity (Wildman–Crippen MR) is 100 cm³/mol. The fraction of sp³-hybridized carbons (Fsp3) is 0.650. The van der Waals surface area contributed by atoms with Crippen molar-refractivity contribution < 1.29 is 14.8 Å². The third-order valence-corrected chi connectivity index (χ3v) is 6.07. The molecule has 1 heterocycles. The normalized spacial score (nSPS) is 26.2. The number of amides is 1. The summed E-state index contributed by atoms with van der Waals surface area (Å²) in [5, 5.41) is 13.3. The number of hydrogen-bond donors (Lipinski definition) is 3. The summed E-state index contributed by atoms with van der Waals surface area (Å²) in [6, 6.07) is 7.83. The van der Waals surface area contributed by atoms with Gasteiger partial charge in [-0.25, -0.2) is 0 Å². The van der Waals surface area contributed by atoms with Crippen LogP contribution in [0.5, 0.6) is 5.75 Å². The van der Waals surface area contributed by atoms with Gasteiger partial charge in [0.25, 0.3) is 5.91 Å². The summed E-state index contributed by atoms with van der Waals surface area (Å²) in [5.41, 5.74) is 0.898. The Morgan fingerprint density at radius 1 is 1.24 bits per heavy atom. The zero-order valence-electron chi connectivity index (χ0n) is 15.5. The number of anilines is 1. The van der Waals surface area contributed by atoms with Crippen LogP contribution < -0.4 is 15.1 Å². The number of hydrogen-bond acceptors (Lipinski definition) is 3. The van der Waals surface area contributed by atoms with Crippen LogP contribution in [0.25, 0.3) is 0 Å². The number of aromatic hydroxyl groups is 1. The van der Waals surface area contributed by atoms with E-state index in [1.165, 1.54) is 24.2 Å². The highest BCUT2D eigenvalue weighted by Gasteiger charge is 2.32. The fourth-order valence-corrected chi connectivity index (χ4v) is 4.22. The number of quaternary nitrogens is 1. The molecule has 138 valence electrons. The van der Waals surface area contributed by atoms with E-state index in [2.05, 4.69) is 17.1 Å². The van der Waals surface area contributed by atoms with Gasteiger partial charge in [-0.05, 0) is 37.8 Å². The molecule has 0 aromatic heterocycles. The second-order valence-electron chi connectivity index (χ2n) is 7.73. The van der Waals surface area contributed by atoms with Crippen LogP contribution in [-0.2, 0) is 4.79 Å². The molecule has 1 aliphatic carbocycles. The van der Waals surface area contributed by atoms with Gasteiger partial charge in [0.05, 0.1) is 31.9 Å². The molecule has 0 unspecified atom stereocenters. The highest BCUT2D eigenvalue weighted by molar-refractivity contribution is 5.80. The number of phenols is 1. The van der Waals surface area contributed by atoms with Crippen LogP contribution in [0, 0.1) is 5.92 Å². The summed E-state index contributed by atoms with van der Waals surface area (Å²) in [6.45, 7) is 7.88.